The van der Waals surface area contributed by atoms with E-state index in [0.717, 1.165) is 75.4 Å². The van der Waals surface area contributed by atoms with Gasteiger partial charge in [-0.25, -0.2) is 24.9 Å². The summed E-state index contributed by atoms with van der Waals surface area (Å²) < 4.78 is 33.2. The zero-order chi connectivity index (χ0) is 51.2. The van der Waals surface area contributed by atoms with Crippen LogP contribution in [0.2, 0.25) is 0 Å². The zero-order valence-corrected chi connectivity index (χ0v) is 42.2. The summed E-state index contributed by atoms with van der Waals surface area (Å²) in [6, 6.07) is 17.9. The minimum Gasteiger partial charge on any atom is -0.491 e. The zero-order valence-electron chi connectivity index (χ0n) is 42.2. The van der Waals surface area contributed by atoms with E-state index in [1.165, 1.54) is 57.8 Å². The monoisotopic (exact) mass is 996 g/mol. The Morgan fingerprint density at radius 2 is 0.903 bits per heavy atom. The predicted molar refractivity (Wildman–Crippen MR) is 282 cm³/mol. The summed E-state index contributed by atoms with van der Waals surface area (Å²) in [5, 5.41) is 0. The number of nitrogens with two attached hydrogens (primary N) is 5. The summed E-state index contributed by atoms with van der Waals surface area (Å²) in [5.41, 5.74) is 27.3. The maximum atomic E-state index is 11.3. The Morgan fingerprint density at radius 3 is 1.28 bits per heavy atom. The number of hydrogen-bond donors (Lipinski definition) is 5. The summed E-state index contributed by atoms with van der Waals surface area (Å²) in [5.74, 6) is 6.69. The van der Waals surface area contributed by atoms with Gasteiger partial charge in [-0.15, -0.1) is 0 Å². The summed E-state index contributed by atoms with van der Waals surface area (Å²) in [6.45, 7) is 8.77. The van der Waals surface area contributed by atoms with Crippen LogP contribution in [0.25, 0.3) is 0 Å². The molecule has 2 aliphatic heterocycles. The van der Waals surface area contributed by atoms with Crippen molar-refractivity contribution in [2.75, 3.05) is 115 Å². The average molecular weight is 996 g/mol. The minimum atomic E-state index is 0.221. The van der Waals surface area contributed by atoms with Gasteiger partial charge < -0.3 is 66.9 Å². The van der Waals surface area contributed by atoms with Gasteiger partial charge in [-0.2, -0.15) is 0 Å². The molecule has 1 amide bonds. The third-order valence-corrected chi connectivity index (χ3v) is 11.6. The molecular formula is C52H77N13O7. The van der Waals surface area contributed by atoms with E-state index in [2.05, 4.69) is 34.7 Å². The van der Waals surface area contributed by atoms with Crippen molar-refractivity contribution in [3.05, 3.63) is 91.6 Å². The molecule has 2 saturated carbocycles. The van der Waals surface area contributed by atoms with Gasteiger partial charge in [0, 0.05) is 39.1 Å². The number of nitrogens with zero attached hydrogens (tertiary/aromatic N) is 8. The third-order valence-electron chi connectivity index (χ3n) is 11.6. The van der Waals surface area contributed by atoms with Gasteiger partial charge in [0.1, 0.15) is 77.7 Å². The number of hydrogen-bond acceptors (Lipinski definition) is 19. The number of likely N-dealkylation sites (N-methyl/N-ethyl adjacent to an activating group) is 1. The van der Waals surface area contributed by atoms with Crippen molar-refractivity contribution in [1.82, 2.24) is 39.6 Å². The lowest BCUT2D eigenvalue weighted by molar-refractivity contribution is -0.128. The lowest BCUT2D eigenvalue weighted by atomic mass is 9.98. The third kappa shape index (κ3) is 23.3. The van der Waals surface area contributed by atoms with Crippen LogP contribution in [0.5, 0.6) is 28.7 Å². The second-order valence-corrected chi connectivity index (χ2v) is 17.8. The molecule has 392 valence electrons. The molecule has 0 aromatic carbocycles. The number of amides is 1. The summed E-state index contributed by atoms with van der Waals surface area (Å²) in [4.78, 5) is 37.3. The maximum Gasteiger partial charge on any atom is 0.222 e. The highest BCUT2D eigenvalue weighted by Crippen LogP contribution is 2.25. The van der Waals surface area contributed by atoms with E-state index in [1.807, 2.05) is 43.3 Å². The Bertz CT molecular complexity index is 2190. The van der Waals surface area contributed by atoms with Gasteiger partial charge in [-0.05, 0) is 133 Å². The lowest BCUT2D eigenvalue weighted by Crippen LogP contribution is -2.38. The number of ether oxygens (including phenoxy) is 6. The van der Waals surface area contributed by atoms with Gasteiger partial charge >= 0.3 is 0 Å². The van der Waals surface area contributed by atoms with Crippen LogP contribution in [0.15, 0.2) is 91.6 Å². The Morgan fingerprint density at radius 1 is 0.514 bits per heavy atom. The molecule has 0 unspecified atom stereocenters. The smallest absolute Gasteiger partial charge is 0.222 e. The highest BCUT2D eigenvalue weighted by Gasteiger charge is 2.20. The molecule has 0 spiro atoms. The predicted octanol–water partition coefficient (Wildman–Crippen LogP) is 6.00. The molecule has 5 aromatic rings. The number of pyridine rings is 5. The molecule has 10 N–H and O–H groups in total. The Hall–Kier alpha value is -6.90. The summed E-state index contributed by atoms with van der Waals surface area (Å²) >= 11 is 0. The molecular weight excluding hydrogens is 919 g/mol. The first-order valence-corrected chi connectivity index (χ1v) is 25.0. The number of anilines is 5. The van der Waals surface area contributed by atoms with E-state index in [1.54, 1.807) is 67.4 Å². The molecule has 5 aromatic heterocycles. The van der Waals surface area contributed by atoms with Crippen molar-refractivity contribution in [2.45, 2.75) is 82.8 Å². The van der Waals surface area contributed by atoms with Gasteiger partial charge in [0.25, 0.3) is 0 Å². The Balaban J connectivity index is 0.000000168. The first-order valence-electron chi connectivity index (χ1n) is 25.0. The number of aromatic nitrogens is 5. The lowest BCUT2D eigenvalue weighted by Gasteiger charge is -2.26. The van der Waals surface area contributed by atoms with Gasteiger partial charge in [0.15, 0.2) is 0 Å². The number of nitrogen functional groups attached to an aromatic ring is 5. The second-order valence-electron chi connectivity index (χ2n) is 17.8. The molecule has 2 saturated heterocycles. The van der Waals surface area contributed by atoms with E-state index in [0.29, 0.717) is 79.8 Å². The molecule has 0 atom stereocenters. The molecule has 20 heteroatoms. The van der Waals surface area contributed by atoms with Crippen molar-refractivity contribution in [3.63, 3.8) is 0 Å². The fourth-order valence-corrected chi connectivity index (χ4v) is 7.61. The first-order chi connectivity index (χ1) is 35.0. The van der Waals surface area contributed by atoms with Gasteiger partial charge in [0.05, 0.1) is 63.0 Å². The molecule has 2 aliphatic carbocycles. The van der Waals surface area contributed by atoms with Crippen LogP contribution in [0.1, 0.15) is 70.6 Å². The van der Waals surface area contributed by atoms with Crippen molar-refractivity contribution in [1.29, 1.82) is 0 Å². The van der Waals surface area contributed by atoms with Crippen LogP contribution in [-0.4, -0.2) is 144 Å². The Labute approximate surface area is 424 Å². The Kier molecular flexibility index (Phi) is 25.0. The molecule has 20 nitrogen and oxygen atoms in total. The first kappa shape index (κ1) is 56.0. The van der Waals surface area contributed by atoms with Crippen molar-refractivity contribution in [3.8, 4) is 28.7 Å². The van der Waals surface area contributed by atoms with Crippen LogP contribution in [0.3, 0.4) is 0 Å². The highest BCUT2D eigenvalue weighted by molar-refractivity contribution is 5.78. The normalized spacial score (nSPS) is 15.8. The van der Waals surface area contributed by atoms with Crippen molar-refractivity contribution in [2.24, 2.45) is 0 Å². The number of carbonyl (C=O) groups is 1. The van der Waals surface area contributed by atoms with Crippen LogP contribution < -0.4 is 52.4 Å². The standard InChI is InChI=1S/C11H17N3O2.C11H15N3O2.C11H16N2O.C10H14N2O.C9H15N3O/c12-11-2-1-10(9-13-11)16-8-5-14-3-6-15-7-4-14;12-10-4-3-9(8-13-10)16-7-6-14-5-1-2-11(14)15;12-11-7-6-10(8-13-11)14-9-4-2-1-3-5-9;11-10-6-5-9(7-12-10)13-8-3-1-2-4-8;1-12(2)5-6-13-8-3-4-9(10)11-7-8/h1-2,9H,3-8H2,(H2,12,13);3-4,8H,1-2,5-7H2,(H2,12,13);6-9H,1-5H2,(H2,12,13);5-8H,1-4H2,(H2,11,12);3-4,7H,5-6H2,1-2H3,(H2,10,11). The minimum absolute atomic E-state index is 0.221. The largest absolute Gasteiger partial charge is 0.491 e. The summed E-state index contributed by atoms with van der Waals surface area (Å²) in [6.07, 6.45) is 21.8. The van der Waals surface area contributed by atoms with Crippen LogP contribution >= 0.6 is 0 Å². The molecule has 4 fully saturated rings. The van der Waals surface area contributed by atoms with E-state index in [4.69, 9.17) is 57.1 Å². The van der Waals surface area contributed by atoms with Crippen LogP contribution in [0, 0.1) is 0 Å². The number of rotatable bonds is 16. The molecule has 7 heterocycles. The van der Waals surface area contributed by atoms with E-state index >= 15 is 0 Å². The fourth-order valence-electron chi connectivity index (χ4n) is 7.61. The van der Waals surface area contributed by atoms with Crippen LogP contribution in [0.4, 0.5) is 29.1 Å². The van der Waals surface area contributed by atoms with E-state index in [9.17, 15) is 4.79 Å². The van der Waals surface area contributed by atoms with Crippen molar-refractivity contribution >= 4 is 35.0 Å². The number of carbonyl (C=O) groups excluding carboxylic acids is 1. The summed E-state index contributed by atoms with van der Waals surface area (Å²) in [7, 11) is 4.01. The van der Waals surface area contributed by atoms with E-state index in [-0.39, 0.29) is 5.91 Å². The fraction of sp³-hybridized carbons (Fsp3) is 0.500. The highest BCUT2D eigenvalue weighted by atomic mass is 16.5. The van der Waals surface area contributed by atoms with Gasteiger partial charge in [-0.1, -0.05) is 6.42 Å². The molecule has 9 rings (SSSR count). The molecule has 72 heavy (non-hydrogen) atoms. The molecule has 0 bridgehead atoms. The quantitative estimate of drug-likeness (QED) is 0.0757. The molecule has 0 radical (unpaired) electrons. The van der Waals surface area contributed by atoms with Gasteiger partial charge in [-0.3, -0.25) is 9.69 Å². The number of morpholine rings is 1. The average Bonchev–Trinajstić information content (AvgIpc) is 4.07. The number of likely N-dealkylation sites (tertiary alicyclic amines) is 1. The van der Waals surface area contributed by atoms with Crippen LogP contribution in [-0.2, 0) is 9.53 Å². The van der Waals surface area contributed by atoms with Crippen molar-refractivity contribution < 1.29 is 33.2 Å². The van der Waals surface area contributed by atoms with E-state index < -0.39 is 0 Å². The second kappa shape index (κ2) is 32.1. The maximum absolute atomic E-state index is 11.3. The molecule has 4 aliphatic rings. The van der Waals surface area contributed by atoms with Gasteiger partial charge in [0.2, 0.25) is 5.91 Å². The topological polar surface area (TPSA) is 277 Å². The SMILES string of the molecule is CN(C)CCOc1ccc(N)nc1.Nc1ccc(OC2CCCC2)cn1.Nc1ccc(OC2CCCCC2)cn1.Nc1ccc(OCCN2CCCC2=O)cn1.Nc1ccc(OCCN2CCOCC2)cn1.